The molecule has 5 rings (SSSR count). The minimum absolute atomic E-state index is 0.168. The van der Waals surface area contributed by atoms with Crippen LogP contribution >= 0.6 is 0 Å². The van der Waals surface area contributed by atoms with Crippen LogP contribution in [0.1, 0.15) is 18.2 Å². The highest BCUT2D eigenvalue weighted by molar-refractivity contribution is 5.94. The SMILES string of the molecule is CCOc1cccc(-n2cc(-c3ccccc3)nc2NC(=O)CN(Cc2ccco2)C(=O)Cc2ccccc2)c1. The summed E-state index contributed by atoms with van der Waals surface area (Å²) in [5.41, 5.74) is 3.26. The van der Waals surface area contributed by atoms with Crippen LogP contribution in [-0.4, -0.2) is 39.4 Å². The summed E-state index contributed by atoms with van der Waals surface area (Å²) in [6.45, 7) is 2.47. The molecule has 0 atom stereocenters. The molecule has 0 aliphatic heterocycles. The summed E-state index contributed by atoms with van der Waals surface area (Å²) in [4.78, 5) is 32.9. The Morgan fingerprint density at radius 1 is 0.950 bits per heavy atom. The number of imidazole rings is 1. The summed E-state index contributed by atoms with van der Waals surface area (Å²) in [5.74, 6) is 1.08. The predicted octanol–water partition coefficient (Wildman–Crippen LogP) is 5.74. The lowest BCUT2D eigenvalue weighted by Crippen LogP contribution is -2.38. The first-order chi connectivity index (χ1) is 19.6. The highest BCUT2D eigenvalue weighted by atomic mass is 16.5. The van der Waals surface area contributed by atoms with Gasteiger partial charge in [0.2, 0.25) is 17.8 Å². The molecular weight excluding hydrogens is 504 g/mol. The number of aromatic nitrogens is 2. The second-order valence-electron chi connectivity index (χ2n) is 9.16. The van der Waals surface area contributed by atoms with Gasteiger partial charge < -0.3 is 14.1 Å². The van der Waals surface area contributed by atoms with Gasteiger partial charge in [0.25, 0.3) is 0 Å². The van der Waals surface area contributed by atoms with E-state index in [1.807, 2.05) is 103 Å². The fraction of sp³-hybridized carbons (Fsp3) is 0.156. The van der Waals surface area contributed by atoms with Gasteiger partial charge in [-0.15, -0.1) is 0 Å². The summed E-state index contributed by atoms with van der Waals surface area (Å²) in [5, 5.41) is 2.93. The molecule has 202 valence electrons. The third-order valence-electron chi connectivity index (χ3n) is 6.25. The zero-order valence-corrected chi connectivity index (χ0v) is 22.2. The third kappa shape index (κ3) is 6.66. The van der Waals surface area contributed by atoms with E-state index >= 15 is 0 Å². The summed E-state index contributed by atoms with van der Waals surface area (Å²) < 4.78 is 13.0. The second-order valence-corrected chi connectivity index (χ2v) is 9.16. The van der Waals surface area contributed by atoms with Crippen molar-refractivity contribution in [2.24, 2.45) is 0 Å². The van der Waals surface area contributed by atoms with Gasteiger partial charge in [0.05, 0.1) is 37.2 Å². The van der Waals surface area contributed by atoms with Crippen LogP contribution in [0.3, 0.4) is 0 Å². The van der Waals surface area contributed by atoms with Crippen molar-refractivity contribution in [2.75, 3.05) is 18.5 Å². The number of nitrogens with zero attached hydrogens (tertiary/aromatic N) is 3. The molecule has 8 nitrogen and oxygen atoms in total. The van der Waals surface area contributed by atoms with E-state index in [1.165, 1.54) is 4.90 Å². The number of hydrogen-bond donors (Lipinski definition) is 1. The average Bonchev–Trinajstić information content (AvgIpc) is 3.64. The molecule has 1 N–H and O–H groups in total. The first kappa shape index (κ1) is 26.5. The van der Waals surface area contributed by atoms with Gasteiger partial charge >= 0.3 is 0 Å². The van der Waals surface area contributed by atoms with E-state index in [-0.39, 0.29) is 31.3 Å². The Labute approximate surface area is 232 Å². The molecule has 0 saturated heterocycles. The van der Waals surface area contributed by atoms with Gasteiger partial charge in [-0.05, 0) is 36.8 Å². The van der Waals surface area contributed by atoms with Gasteiger partial charge in [-0.3, -0.25) is 19.5 Å². The van der Waals surface area contributed by atoms with Crippen molar-refractivity contribution in [3.63, 3.8) is 0 Å². The molecule has 2 amide bonds. The smallest absolute Gasteiger partial charge is 0.246 e. The van der Waals surface area contributed by atoms with Crippen molar-refractivity contribution in [1.82, 2.24) is 14.5 Å². The van der Waals surface area contributed by atoms with E-state index in [0.29, 0.717) is 29.8 Å². The zero-order valence-electron chi connectivity index (χ0n) is 22.2. The van der Waals surface area contributed by atoms with Gasteiger partial charge in [0, 0.05) is 17.8 Å². The second kappa shape index (κ2) is 12.6. The maximum Gasteiger partial charge on any atom is 0.246 e. The number of rotatable bonds is 11. The third-order valence-corrected chi connectivity index (χ3v) is 6.25. The Kier molecular flexibility index (Phi) is 8.36. The maximum atomic E-state index is 13.4. The van der Waals surface area contributed by atoms with Crippen LogP contribution in [0.2, 0.25) is 0 Å². The highest BCUT2D eigenvalue weighted by Gasteiger charge is 2.21. The highest BCUT2D eigenvalue weighted by Crippen LogP contribution is 2.26. The molecule has 0 fully saturated rings. The first-order valence-corrected chi connectivity index (χ1v) is 13.1. The van der Waals surface area contributed by atoms with Crippen LogP contribution in [0.5, 0.6) is 5.75 Å². The van der Waals surface area contributed by atoms with E-state index in [4.69, 9.17) is 14.1 Å². The summed E-state index contributed by atoms with van der Waals surface area (Å²) in [6.07, 6.45) is 3.59. The Morgan fingerprint density at radius 3 is 2.45 bits per heavy atom. The molecular formula is C32H30N4O4. The number of ether oxygens (including phenoxy) is 1. The zero-order chi connectivity index (χ0) is 27.7. The first-order valence-electron chi connectivity index (χ1n) is 13.1. The summed E-state index contributed by atoms with van der Waals surface area (Å²) in [7, 11) is 0. The molecule has 0 radical (unpaired) electrons. The Hall–Kier alpha value is -5.11. The lowest BCUT2D eigenvalue weighted by Gasteiger charge is -2.21. The van der Waals surface area contributed by atoms with Crippen LogP contribution in [0.4, 0.5) is 5.95 Å². The molecule has 2 aromatic heterocycles. The number of nitrogens with one attached hydrogen (secondary N) is 1. The molecule has 40 heavy (non-hydrogen) atoms. The molecule has 3 aromatic carbocycles. The normalized spacial score (nSPS) is 10.7. The number of anilines is 1. The fourth-order valence-electron chi connectivity index (χ4n) is 4.35. The number of carbonyl (C=O) groups excluding carboxylic acids is 2. The van der Waals surface area contributed by atoms with Crippen LogP contribution in [0, 0.1) is 0 Å². The van der Waals surface area contributed by atoms with E-state index < -0.39 is 0 Å². The van der Waals surface area contributed by atoms with Gasteiger partial charge in [-0.25, -0.2) is 4.98 Å². The van der Waals surface area contributed by atoms with Crippen molar-refractivity contribution >= 4 is 17.8 Å². The van der Waals surface area contributed by atoms with Crippen molar-refractivity contribution in [1.29, 1.82) is 0 Å². The molecule has 2 heterocycles. The summed E-state index contributed by atoms with van der Waals surface area (Å²) in [6, 6.07) is 30.3. The van der Waals surface area contributed by atoms with Crippen LogP contribution in [0.25, 0.3) is 16.9 Å². The Balaban J connectivity index is 1.41. The van der Waals surface area contributed by atoms with Gasteiger partial charge in [0.15, 0.2) is 0 Å². The molecule has 5 aromatic rings. The predicted molar refractivity (Wildman–Crippen MR) is 153 cm³/mol. The minimum atomic E-state index is -0.375. The van der Waals surface area contributed by atoms with Crippen LogP contribution < -0.4 is 10.1 Å². The average molecular weight is 535 g/mol. The minimum Gasteiger partial charge on any atom is -0.494 e. The number of furan rings is 1. The molecule has 0 aliphatic carbocycles. The molecule has 0 saturated carbocycles. The van der Waals surface area contributed by atoms with Gasteiger partial charge in [0.1, 0.15) is 18.1 Å². The van der Waals surface area contributed by atoms with Crippen LogP contribution in [0.15, 0.2) is 114 Å². The molecule has 8 heteroatoms. The molecule has 0 bridgehead atoms. The van der Waals surface area contributed by atoms with E-state index in [2.05, 4.69) is 5.32 Å². The van der Waals surface area contributed by atoms with E-state index in [1.54, 1.807) is 18.4 Å². The number of hydrogen-bond acceptors (Lipinski definition) is 5. The lowest BCUT2D eigenvalue weighted by molar-refractivity contribution is -0.135. The van der Waals surface area contributed by atoms with Crippen molar-refractivity contribution in [3.05, 3.63) is 121 Å². The fourth-order valence-corrected chi connectivity index (χ4v) is 4.35. The molecule has 0 spiro atoms. The Morgan fingerprint density at radius 2 is 1.73 bits per heavy atom. The monoisotopic (exact) mass is 534 g/mol. The number of amides is 2. The molecule has 0 unspecified atom stereocenters. The van der Waals surface area contributed by atoms with E-state index in [9.17, 15) is 9.59 Å². The van der Waals surface area contributed by atoms with Gasteiger partial charge in [-0.1, -0.05) is 66.7 Å². The van der Waals surface area contributed by atoms with Crippen LogP contribution in [-0.2, 0) is 22.6 Å². The lowest BCUT2D eigenvalue weighted by atomic mass is 10.1. The Bertz CT molecular complexity index is 1550. The topological polar surface area (TPSA) is 89.6 Å². The van der Waals surface area contributed by atoms with Crippen molar-refractivity contribution < 1.29 is 18.7 Å². The summed E-state index contributed by atoms with van der Waals surface area (Å²) >= 11 is 0. The maximum absolute atomic E-state index is 13.4. The molecule has 0 aliphatic rings. The van der Waals surface area contributed by atoms with E-state index in [0.717, 1.165) is 16.8 Å². The van der Waals surface area contributed by atoms with Crippen molar-refractivity contribution in [2.45, 2.75) is 19.9 Å². The van der Waals surface area contributed by atoms with Gasteiger partial charge in [-0.2, -0.15) is 0 Å². The number of carbonyl (C=O) groups is 2. The standard InChI is InChI=1S/C32H30N4O4/c1-2-39-27-16-9-15-26(20-27)36-22-29(25-13-7-4-8-14-25)33-32(36)34-30(37)23-35(21-28-17-10-18-40-28)31(38)19-24-11-5-3-6-12-24/h3-18,20,22H,2,19,21,23H2,1H3,(H,33,34,37). The number of benzene rings is 3. The quantitative estimate of drug-likeness (QED) is 0.233. The largest absolute Gasteiger partial charge is 0.494 e. The van der Waals surface area contributed by atoms with Crippen molar-refractivity contribution in [3.8, 4) is 22.7 Å².